The number of aliphatic hydroxyl groups is 1. The third kappa shape index (κ3) is 2.52. The van der Waals surface area contributed by atoms with Gasteiger partial charge in [-0.25, -0.2) is 0 Å². The van der Waals surface area contributed by atoms with Gasteiger partial charge in [0.15, 0.2) is 6.29 Å². The first-order chi connectivity index (χ1) is 12.0. The van der Waals surface area contributed by atoms with Gasteiger partial charge >= 0.3 is 0 Å². The minimum atomic E-state index is -1.00. The fourth-order valence-electron chi connectivity index (χ4n) is 3.68. The van der Waals surface area contributed by atoms with E-state index in [0.29, 0.717) is 22.8 Å². The van der Waals surface area contributed by atoms with E-state index in [2.05, 4.69) is 0 Å². The van der Waals surface area contributed by atoms with Gasteiger partial charge < -0.3 is 28.8 Å². The van der Waals surface area contributed by atoms with Gasteiger partial charge in [-0.2, -0.15) is 0 Å². The normalized spacial score (nSPS) is 22.6. The van der Waals surface area contributed by atoms with E-state index in [0.717, 1.165) is 21.9 Å². The van der Waals surface area contributed by atoms with Gasteiger partial charge in [0.1, 0.15) is 23.4 Å². The highest BCUT2D eigenvalue weighted by Gasteiger charge is 2.39. The van der Waals surface area contributed by atoms with E-state index in [1.54, 1.807) is 21.3 Å². The minimum Gasteiger partial charge on any atom is -0.496 e. The van der Waals surface area contributed by atoms with Gasteiger partial charge in [-0.1, -0.05) is 6.07 Å². The number of ether oxygens (including phenoxy) is 5. The second-order valence-corrected chi connectivity index (χ2v) is 6.06. The summed E-state index contributed by atoms with van der Waals surface area (Å²) in [5, 5.41) is 12.5. The van der Waals surface area contributed by atoms with E-state index in [9.17, 15) is 5.11 Å². The van der Waals surface area contributed by atoms with E-state index in [4.69, 9.17) is 23.7 Å². The van der Waals surface area contributed by atoms with Crippen molar-refractivity contribution in [3.8, 4) is 17.2 Å². The lowest BCUT2D eigenvalue weighted by atomic mass is 9.88. The molecule has 2 aromatic carbocycles. The lowest BCUT2D eigenvalue weighted by Crippen LogP contribution is -2.32. The number of aliphatic hydroxyl groups excluding tert-OH is 1. The third-order valence-electron chi connectivity index (χ3n) is 4.75. The highest BCUT2D eigenvalue weighted by molar-refractivity contribution is 6.01. The lowest BCUT2D eigenvalue weighted by Gasteiger charge is -2.36. The third-order valence-corrected chi connectivity index (χ3v) is 4.75. The molecule has 0 fully saturated rings. The van der Waals surface area contributed by atoms with Crippen molar-refractivity contribution < 1.29 is 28.8 Å². The van der Waals surface area contributed by atoms with Gasteiger partial charge in [-0.15, -0.1) is 0 Å². The molecule has 1 N–H and O–H groups in total. The summed E-state index contributed by atoms with van der Waals surface area (Å²) in [6.45, 7) is 3.86. The van der Waals surface area contributed by atoms with Gasteiger partial charge in [-0.3, -0.25) is 0 Å². The Labute approximate surface area is 147 Å². The predicted octanol–water partition coefficient (Wildman–Crippen LogP) is 3.27. The molecule has 1 heterocycles. The average Bonchev–Trinajstić information content (AvgIpc) is 2.62. The Morgan fingerprint density at radius 3 is 2.12 bits per heavy atom. The topological polar surface area (TPSA) is 66.4 Å². The lowest BCUT2D eigenvalue weighted by molar-refractivity contribution is -0.215. The number of fused-ring (bicyclic) bond motifs is 2. The van der Waals surface area contributed by atoms with Gasteiger partial charge in [-0.05, 0) is 25.5 Å². The number of rotatable bonds is 4. The van der Waals surface area contributed by atoms with Gasteiger partial charge in [0, 0.05) is 23.6 Å². The van der Waals surface area contributed by atoms with E-state index in [-0.39, 0.29) is 6.10 Å². The Hall–Kier alpha value is -2.02. The molecule has 0 aromatic heterocycles. The number of benzene rings is 2. The van der Waals surface area contributed by atoms with Crippen molar-refractivity contribution in [1.29, 1.82) is 0 Å². The Morgan fingerprint density at radius 2 is 1.56 bits per heavy atom. The predicted molar refractivity (Wildman–Crippen MR) is 93.6 cm³/mol. The van der Waals surface area contributed by atoms with Crippen molar-refractivity contribution in [3.05, 3.63) is 28.8 Å². The molecule has 2 aromatic rings. The van der Waals surface area contributed by atoms with Crippen LogP contribution in [0.3, 0.4) is 0 Å². The monoisotopic (exact) mass is 348 g/mol. The zero-order valence-electron chi connectivity index (χ0n) is 15.4. The smallest absolute Gasteiger partial charge is 0.188 e. The molecule has 1 aliphatic heterocycles. The maximum absolute atomic E-state index is 10.8. The molecule has 25 heavy (non-hydrogen) atoms. The van der Waals surface area contributed by atoms with Crippen LogP contribution in [0.2, 0.25) is 0 Å². The summed E-state index contributed by atoms with van der Waals surface area (Å²) < 4.78 is 28.2. The minimum absolute atomic E-state index is 0.330. The van der Waals surface area contributed by atoms with Crippen LogP contribution in [0.1, 0.15) is 35.8 Å². The van der Waals surface area contributed by atoms with Crippen LogP contribution in [0, 0.1) is 6.92 Å². The largest absolute Gasteiger partial charge is 0.496 e. The molecule has 0 aliphatic carbocycles. The van der Waals surface area contributed by atoms with Crippen LogP contribution < -0.4 is 14.2 Å². The van der Waals surface area contributed by atoms with Crippen LogP contribution in [0.25, 0.3) is 10.8 Å². The van der Waals surface area contributed by atoms with Crippen molar-refractivity contribution >= 4 is 10.8 Å². The van der Waals surface area contributed by atoms with Crippen LogP contribution in [0.15, 0.2) is 12.1 Å². The number of methoxy groups -OCH3 is 4. The van der Waals surface area contributed by atoms with E-state index >= 15 is 0 Å². The Bertz CT molecular complexity index is 801. The number of hydrogen-bond donors (Lipinski definition) is 1. The highest BCUT2D eigenvalue weighted by atomic mass is 16.7. The summed E-state index contributed by atoms with van der Waals surface area (Å²) in [5.74, 6) is 1.89. The maximum Gasteiger partial charge on any atom is 0.188 e. The standard InChI is InChI=1S/C19H24O6/c1-9-7-8-11-13(16(9)21-3)18(23-5)14-12(17(11)22-4)10(2)25-19(24-6)15(14)20/h7-8,10,15,19-20H,1-6H3/t10-,15-,19+/m0/s1. The number of hydrogen-bond acceptors (Lipinski definition) is 6. The summed E-state index contributed by atoms with van der Waals surface area (Å²) in [6, 6.07) is 3.94. The van der Waals surface area contributed by atoms with Crippen LogP contribution >= 0.6 is 0 Å². The molecule has 0 unspecified atom stereocenters. The summed E-state index contributed by atoms with van der Waals surface area (Å²) in [6.07, 6.45) is -2.12. The molecular formula is C19H24O6. The fourth-order valence-corrected chi connectivity index (χ4v) is 3.68. The zero-order chi connectivity index (χ0) is 18.3. The molecule has 3 rings (SSSR count). The summed E-state index contributed by atoms with van der Waals surface area (Å²) in [7, 11) is 6.31. The first kappa shape index (κ1) is 17.8. The van der Waals surface area contributed by atoms with E-state index < -0.39 is 12.4 Å². The highest BCUT2D eigenvalue weighted by Crippen LogP contribution is 2.53. The van der Waals surface area contributed by atoms with E-state index in [1.807, 2.05) is 26.0 Å². The molecule has 0 saturated heterocycles. The zero-order valence-corrected chi connectivity index (χ0v) is 15.4. The average molecular weight is 348 g/mol. The Kier molecular flexibility index (Phi) is 4.77. The maximum atomic E-state index is 10.8. The quantitative estimate of drug-likeness (QED) is 0.915. The van der Waals surface area contributed by atoms with Crippen molar-refractivity contribution in [2.24, 2.45) is 0 Å². The number of aryl methyl sites for hydroxylation is 1. The molecule has 0 amide bonds. The first-order valence-electron chi connectivity index (χ1n) is 8.11. The molecule has 3 atom stereocenters. The van der Waals surface area contributed by atoms with Gasteiger partial charge in [0.05, 0.1) is 32.8 Å². The molecule has 1 aliphatic rings. The molecule has 0 radical (unpaired) electrons. The van der Waals surface area contributed by atoms with Crippen LogP contribution in [0.4, 0.5) is 0 Å². The van der Waals surface area contributed by atoms with Crippen molar-refractivity contribution in [1.82, 2.24) is 0 Å². The van der Waals surface area contributed by atoms with E-state index in [1.165, 1.54) is 7.11 Å². The summed E-state index contributed by atoms with van der Waals surface area (Å²) >= 11 is 0. The Balaban J connectivity index is 2.51. The van der Waals surface area contributed by atoms with Gasteiger partial charge in [0.2, 0.25) is 0 Å². The Morgan fingerprint density at radius 1 is 0.920 bits per heavy atom. The van der Waals surface area contributed by atoms with Crippen molar-refractivity contribution in [2.45, 2.75) is 32.3 Å². The molecule has 136 valence electrons. The first-order valence-corrected chi connectivity index (χ1v) is 8.11. The van der Waals surface area contributed by atoms with Gasteiger partial charge in [0.25, 0.3) is 0 Å². The summed E-state index contributed by atoms with van der Waals surface area (Å²) in [5.41, 5.74) is 2.34. The molecular weight excluding hydrogens is 324 g/mol. The molecule has 0 spiro atoms. The molecule has 6 heteroatoms. The second-order valence-electron chi connectivity index (χ2n) is 6.06. The molecule has 0 bridgehead atoms. The van der Waals surface area contributed by atoms with Crippen molar-refractivity contribution in [2.75, 3.05) is 28.4 Å². The van der Waals surface area contributed by atoms with Crippen molar-refractivity contribution in [3.63, 3.8) is 0 Å². The summed E-state index contributed by atoms with van der Waals surface area (Å²) in [4.78, 5) is 0. The fraction of sp³-hybridized carbons (Fsp3) is 0.474. The SMILES string of the molecule is COc1c2c(c(OC)c3c(OC)c(C)ccc13)[C@H](O)[C@H](OC)O[C@H]2C. The van der Waals surface area contributed by atoms with Crippen LogP contribution in [-0.4, -0.2) is 39.8 Å². The molecule has 6 nitrogen and oxygen atoms in total. The van der Waals surface area contributed by atoms with Crippen LogP contribution in [-0.2, 0) is 9.47 Å². The van der Waals surface area contributed by atoms with Crippen LogP contribution in [0.5, 0.6) is 17.2 Å². The molecule has 0 saturated carbocycles. The second kappa shape index (κ2) is 6.71.